The zero-order chi connectivity index (χ0) is 16.4. The topological polar surface area (TPSA) is 30.0 Å². The number of Topliss-reactive ketones (excluding diaryl/α,β-unsaturated/α-hetero) is 1. The van der Waals surface area contributed by atoms with Gasteiger partial charge in [-0.3, -0.25) is 9.78 Å². The molecule has 0 spiro atoms. The minimum Gasteiger partial charge on any atom is -0.289 e. The summed E-state index contributed by atoms with van der Waals surface area (Å²) in [5, 5.41) is 1.01. The number of allylic oxidation sites excluding steroid dienone is 1. The maximum atomic E-state index is 13.0. The van der Waals surface area contributed by atoms with Crippen molar-refractivity contribution in [2.45, 2.75) is 26.2 Å². The van der Waals surface area contributed by atoms with Gasteiger partial charge in [0.2, 0.25) is 0 Å². The number of carbonyl (C=O) groups is 1. The normalized spacial score (nSPS) is 14.3. The van der Waals surface area contributed by atoms with Crippen LogP contribution in [0.4, 0.5) is 0 Å². The number of hydrogen-bond donors (Lipinski definition) is 0. The zero-order valence-corrected chi connectivity index (χ0v) is 15.1. The highest BCUT2D eigenvalue weighted by Crippen LogP contribution is 2.48. The number of hydrogen-bond acceptors (Lipinski definition) is 4. The fraction of sp³-hybridized carbons (Fsp3) is 0.263. The molecule has 0 aliphatic carbocycles. The van der Waals surface area contributed by atoms with Crippen LogP contribution in [0.1, 0.15) is 42.3 Å². The first kappa shape index (κ1) is 16.3. The van der Waals surface area contributed by atoms with E-state index in [9.17, 15) is 4.79 Å². The van der Waals surface area contributed by atoms with Gasteiger partial charge in [0.05, 0.1) is 4.24 Å². The summed E-state index contributed by atoms with van der Waals surface area (Å²) >= 11 is 3.48. The largest absolute Gasteiger partial charge is 0.289 e. The fourth-order valence-electron chi connectivity index (χ4n) is 2.39. The number of carbonyl (C=O) groups excluding carboxylic acids is 1. The van der Waals surface area contributed by atoms with E-state index in [2.05, 4.69) is 37.9 Å². The van der Waals surface area contributed by atoms with E-state index in [1.165, 1.54) is 5.56 Å². The quantitative estimate of drug-likeness (QED) is 0.555. The molecular weight excluding hydrogens is 322 g/mol. The van der Waals surface area contributed by atoms with Crippen LogP contribution in [-0.2, 0) is 5.41 Å². The molecule has 2 heterocycles. The van der Waals surface area contributed by atoms with Gasteiger partial charge in [-0.25, -0.2) is 0 Å². The molecule has 4 heteroatoms. The molecule has 118 valence electrons. The van der Waals surface area contributed by atoms with Gasteiger partial charge in [-0.05, 0) is 28.7 Å². The van der Waals surface area contributed by atoms with Crippen LogP contribution in [-0.4, -0.2) is 15.9 Å². The first-order valence-electron chi connectivity index (χ1n) is 7.52. The summed E-state index contributed by atoms with van der Waals surface area (Å²) in [5.74, 6) is 0.0892. The lowest BCUT2D eigenvalue weighted by Gasteiger charge is -2.21. The second-order valence-corrected chi connectivity index (χ2v) is 9.06. The second kappa shape index (κ2) is 6.54. The molecule has 0 radical (unpaired) electrons. The van der Waals surface area contributed by atoms with Crippen molar-refractivity contribution in [3.8, 4) is 0 Å². The molecule has 1 aliphatic rings. The molecule has 0 atom stereocenters. The number of aromatic nitrogens is 1. The lowest BCUT2D eigenvalue weighted by Crippen LogP contribution is -2.12. The highest BCUT2D eigenvalue weighted by molar-refractivity contribution is 8.37. The van der Waals surface area contributed by atoms with E-state index in [1.54, 1.807) is 35.9 Å². The molecule has 1 aromatic carbocycles. The summed E-state index contributed by atoms with van der Waals surface area (Å²) in [5.41, 5.74) is 3.81. The van der Waals surface area contributed by atoms with Gasteiger partial charge in [-0.2, -0.15) is 0 Å². The first-order chi connectivity index (χ1) is 11.0. The van der Waals surface area contributed by atoms with Crippen molar-refractivity contribution in [1.29, 1.82) is 0 Å². The summed E-state index contributed by atoms with van der Waals surface area (Å²) in [6.45, 7) is 6.53. The van der Waals surface area contributed by atoms with E-state index in [0.717, 1.165) is 26.0 Å². The average Bonchev–Trinajstić information content (AvgIpc) is 2.50. The summed E-state index contributed by atoms with van der Waals surface area (Å²) < 4.78 is 1.11. The van der Waals surface area contributed by atoms with Crippen molar-refractivity contribution in [3.05, 3.63) is 69.7 Å². The van der Waals surface area contributed by atoms with Gasteiger partial charge in [0.1, 0.15) is 0 Å². The highest BCUT2D eigenvalue weighted by Gasteiger charge is 2.24. The van der Waals surface area contributed by atoms with Gasteiger partial charge >= 0.3 is 0 Å². The number of benzene rings is 1. The summed E-state index contributed by atoms with van der Waals surface area (Å²) in [6.07, 6.45) is 3.47. The van der Waals surface area contributed by atoms with Crippen LogP contribution in [0.5, 0.6) is 0 Å². The van der Waals surface area contributed by atoms with Crippen molar-refractivity contribution < 1.29 is 4.79 Å². The molecule has 0 saturated carbocycles. The Hall–Kier alpha value is -1.52. The lowest BCUT2D eigenvalue weighted by molar-refractivity contribution is 0.105. The van der Waals surface area contributed by atoms with Crippen LogP contribution >= 0.6 is 23.5 Å². The summed E-state index contributed by atoms with van der Waals surface area (Å²) in [4.78, 5) is 17.1. The van der Waals surface area contributed by atoms with E-state index in [0.29, 0.717) is 0 Å². The molecule has 0 amide bonds. The molecule has 3 rings (SSSR count). The number of nitrogens with zero attached hydrogens (tertiary/aromatic N) is 1. The Labute approximate surface area is 145 Å². The Bertz CT molecular complexity index is 737. The molecule has 0 unspecified atom stereocenters. The lowest BCUT2D eigenvalue weighted by atomic mass is 9.86. The minimum atomic E-state index is 0.0892. The third-order valence-corrected chi connectivity index (χ3v) is 6.38. The van der Waals surface area contributed by atoms with Crippen LogP contribution in [0.2, 0.25) is 0 Å². The molecular formula is C19H19NOS2. The highest BCUT2D eigenvalue weighted by atomic mass is 32.3. The van der Waals surface area contributed by atoms with E-state index in [4.69, 9.17) is 0 Å². The third kappa shape index (κ3) is 3.54. The van der Waals surface area contributed by atoms with Crippen molar-refractivity contribution in [1.82, 2.24) is 4.98 Å². The van der Waals surface area contributed by atoms with Gasteiger partial charge in [-0.15, -0.1) is 23.5 Å². The van der Waals surface area contributed by atoms with Crippen molar-refractivity contribution in [2.24, 2.45) is 0 Å². The molecule has 0 N–H and O–H groups in total. The van der Waals surface area contributed by atoms with Gasteiger partial charge in [-0.1, -0.05) is 45.0 Å². The monoisotopic (exact) mass is 341 g/mol. The Morgan fingerprint density at radius 2 is 1.57 bits per heavy atom. The maximum Gasteiger partial charge on any atom is 0.195 e. The molecule has 1 aliphatic heterocycles. The van der Waals surface area contributed by atoms with Gasteiger partial charge < -0.3 is 0 Å². The van der Waals surface area contributed by atoms with Gasteiger partial charge in [0.25, 0.3) is 0 Å². The molecule has 1 saturated heterocycles. The van der Waals surface area contributed by atoms with Crippen LogP contribution < -0.4 is 0 Å². The first-order valence-corrected chi connectivity index (χ1v) is 9.49. The predicted octanol–water partition coefficient (Wildman–Crippen LogP) is 5.37. The molecule has 1 fully saturated rings. The summed E-state index contributed by atoms with van der Waals surface area (Å²) in [6, 6.07) is 11.8. The van der Waals surface area contributed by atoms with E-state index >= 15 is 0 Å². The second-order valence-electron chi connectivity index (χ2n) is 6.46. The summed E-state index contributed by atoms with van der Waals surface area (Å²) in [7, 11) is 0. The standard InChI is InChI=1S/C19H19NOS2/c1-19(2,3)15-6-4-14(5-7-15)17(21)16(18-22-12-23-18)13-8-10-20-11-9-13/h4-11H,12H2,1-3H3. The molecule has 2 aromatic rings. The van der Waals surface area contributed by atoms with E-state index in [-0.39, 0.29) is 11.2 Å². The SMILES string of the molecule is CC(C)(C)c1ccc(C(=O)C(=C2SCS2)c2ccncc2)cc1. The molecule has 1 aromatic heterocycles. The zero-order valence-electron chi connectivity index (χ0n) is 13.5. The molecule has 2 nitrogen and oxygen atoms in total. The van der Waals surface area contributed by atoms with Crippen LogP contribution in [0, 0.1) is 0 Å². The molecule has 0 bridgehead atoms. The minimum absolute atomic E-state index is 0.0892. The van der Waals surface area contributed by atoms with Crippen molar-refractivity contribution >= 4 is 34.9 Å². The number of thioether (sulfide) groups is 2. The number of ketones is 1. The van der Waals surface area contributed by atoms with Crippen molar-refractivity contribution in [2.75, 3.05) is 5.08 Å². The number of rotatable bonds is 3. The van der Waals surface area contributed by atoms with E-state index < -0.39 is 0 Å². The average molecular weight is 342 g/mol. The fourth-order valence-corrected chi connectivity index (χ4v) is 4.04. The Morgan fingerprint density at radius 1 is 0.957 bits per heavy atom. The molecule has 23 heavy (non-hydrogen) atoms. The smallest absolute Gasteiger partial charge is 0.195 e. The Morgan fingerprint density at radius 3 is 2.04 bits per heavy atom. The van der Waals surface area contributed by atoms with Gasteiger partial charge in [0.15, 0.2) is 5.78 Å². The van der Waals surface area contributed by atoms with Gasteiger partial charge in [0, 0.05) is 28.6 Å². The third-order valence-electron chi connectivity index (χ3n) is 3.79. The Kier molecular flexibility index (Phi) is 4.64. The van der Waals surface area contributed by atoms with E-state index in [1.807, 2.05) is 24.3 Å². The van der Waals surface area contributed by atoms with Crippen LogP contribution in [0.25, 0.3) is 5.57 Å². The van der Waals surface area contributed by atoms with Crippen LogP contribution in [0.3, 0.4) is 0 Å². The number of pyridine rings is 1. The Balaban J connectivity index is 1.97. The maximum absolute atomic E-state index is 13.0. The predicted molar refractivity (Wildman–Crippen MR) is 101 cm³/mol. The van der Waals surface area contributed by atoms with Crippen molar-refractivity contribution in [3.63, 3.8) is 0 Å². The van der Waals surface area contributed by atoms with Crippen LogP contribution in [0.15, 0.2) is 53.0 Å².